The molecule has 0 saturated heterocycles. The SMILES string of the molecule is Cc1cc(C(N)c2c(Br)cnn2C)sc1Br. The standard InChI is InChI=1S/C10H11Br2N3S/c1-5-3-7(16-10(5)12)8(13)9-6(11)4-14-15(9)2/h3-4,8H,13H2,1-2H3. The summed E-state index contributed by atoms with van der Waals surface area (Å²) in [4.78, 5) is 1.13. The molecule has 1 atom stereocenters. The predicted octanol–water partition coefficient (Wildman–Crippen LogP) is 3.36. The summed E-state index contributed by atoms with van der Waals surface area (Å²) >= 11 is 8.65. The van der Waals surface area contributed by atoms with Gasteiger partial charge >= 0.3 is 0 Å². The monoisotopic (exact) mass is 363 g/mol. The molecule has 3 nitrogen and oxygen atoms in total. The van der Waals surface area contributed by atoms with Gasteiger partial charge in [-0.15, -0.1) is 11.3 Å². The van der Waals surface area contributed by atoms with Crippen LogP contribution >= 0.6 is 43.2 Å². The molecule has 6 heteroatoms. The molecule has 2 aromatic rings. The predicted molar refractivity (Wildman–Crippen MR) is 73.7 cm³/mol. The van der Waals surface area contributed by atoms with Crippen LogP contribution in [0.25, 0.3) is 0 Å². The summed E-state index contributed by atoms with van der Waals surface area (Å²) in [5.41, 5.74) is 8.45. The molecule has 0 aliphatic carbocycles. The molecule has 0 spiro atoms. The highest BCUT2D eigenvalue weighted by atomic mass is 79.9. The molecule has 0 amide bonds. The van der Waals surface area contributed by atoms with Gasteiger partial charge < -0.3 is 5.73 Å². The highest BCUT2D eigenvalue weighted by molar-refractivity contribution is 9.11. The largest absolute Gasteiger partial charge is 0.318 e. The number of thiophene rings is 1. The lowest BCUT2D eigenvalue weighted by atomic mass is 10.1. The van der Waals surface area contributed by atoms with Gasteiger partial charge in [-0.3, -0.25) is 4.68 Å². The van der Waals surface area contributed by atoms with Crippen LogP contribution < -0.4 is 5.73 Å². The second-order valence-corrected chi connectivity index (χ2v) is 6.84. The Bertz CT molecular complexity index is 479. The Labute approximate surface area is 115 Å². The van der Waals surface area contributed by atoms with Crippen LogP contribution in [0.1, 0.15) is 22.2 Å². The first-order chi connectivity index (χ1) is 7.50. The van der Waals surface area contributed by atoms with E-state index in [1.165, 1.54) is 5.56 Å². The molecule has 0 radical (unpaired) electrons. The minimum atomic E-state index is -0.142. The Morgan fingerprint density at radius 2 is 2.19 bits per heavy atom. The summed E-state index contributed by atoms with van der Waals surface area (Å²) in [6.07, 6.45) is 1.77. The zero-order valence-electron chi connectivity index (χ0n) is 8.87. The number of hydrogen-bond donors (Lipinski definition) is 1. The maximum atomic E-state index is 6.24. The van der Waals surface area contributed by atoms with E-state index in [4.69, 9.17) is 5.73 Å². The van der Waals surface area contributed by atoms with Crippen molar-refractivity contribution in [1.82, 2.24) is 9.78 Å². The zero-order valence-corrected chi connectivity index (χ0v) is 12.9. The molecule has 0 fully saturated rings. The molecule has 0 aliphatic heterocycles. The van der Waals surface area contributed by atoms with Gasteiger partial charge in [-0.2, -0.15) is 5.10 Å². The average Bonchev–Trinajstić information content (AvgIpc) is 2.72. The maximum absolute atomic E-state index is 6.24. The van der Waals surface area contributed by atoms with Gasteiger partial charge in [-0.1, -0.05) is 0 Å². The number of aromatic nitrogens is 2. The first-order valence-electron chi connectivity index (χ1n) is 4.69. The van der Waals surface area contributed by atoms with Crippen LogP contribution in [0.5, 0.6) is 0 Å². The van der Waals surface area contributed by atoms with Crippen LogP contribution in [-0.4, -0.2) is 9.78 Å². The third-order valence-electron chi connectivity index (χ3n) is 2.41. The minimum absolute atomic E-state index is 0.142. The lowest BCUT2D eigenvalue weighted by Gasteiger charge is -2.10. The van der Waals surface area contributed by atoms with Gasteiger partial charge in [0.2, 0.25) is 0 Å². The van der Waals surface area contributed by atoms with E-state index < -0.39 is 0 Å². The minimum Gasteiger partial charge on any atom is -0.318 e. The molecule has 2 heterocycles. The van der Waals surface area contributed by atoms with Crippen molar-refractivity contribution in [2.45, 2.75) is 13.0 Å². The molecule has 2 N–H and O–H groups in total. The molecular formula is C10H11Br2N3S. The third kappa shape index (κ3) is 2.11. The number of nitrogens with zero attached hydrogens (tertiary/aromatic N) is 2. The number of hydrogen-bond acceptors (Lipinski definition) is 3. The first kappa shape index (κ1) is 12.3. The zero-order chi connectivity index (χ0) is 11.9. The van der Waals surface area contributed by atoms with E-state index >= 15 is 0 Å². The molecule has 16 heavy (non-hydrogen) atoms. The maximum Gasteiger partial charge on any atom is 0.0828 e. The number of aryl methyl sites for hydroxylation is 2. The number of halogens is 2. The van der Waals surface area contributed by atoms with Crippen LogP contribution in [0.15, 0.2) is 20.5 Å². The van der Waals surface area contributed by atoms with Crippen molar-refractivity contribution in [3.05, 3.63) is 36.7 Å². The average molecular weight is 365 g/mol. The van der Waals surface area contributed by atoms with Crippen molar-refractivity contribution in [3.8, 4) is 0 Å². The van der Waals surface area contributed by atoms with Gasteiger partial charge in [-0.05, 0) is 50.4 Å². The molecule has 0 bridgehead atoms. The fourth-order valence-corrected chi connectivity index (χ4v) is 3.71. The van der Waals surface area contributed by atoms with Crippen molar-refractivity contribution in [1.29, 1.82) is 0 Å². The van der Waals surface area contributed by atoms with Gasteiger partial charge in [0.05, 0.1) is 26.2 Å². The molecule has 86 valence electrons. The molecule has 1 unspecified atom stereocenters. The summed E-state index contributed by atoms with van der Waals surface area (Å²) in [5.74, 6) is 0. The van der Waals surface area contributed by atoms with Crippen LogP contribution in [0.4, 0.5) is 0 Å². The molecule has 0 aromatic carbocycles. The van der Waals surface area contributed by atoms with Crippen LogP contribution in [-0.2, 0) is 7.05 Å². The van der Waals surface area contributed by atoms with Gasteiger partial charge in [0.15, 0.2) is 0 Å². The van der Waals surface area contributed by atoms with E-state index in [1.54, 1.807) is 22.2 Å². The normalized spacial score (nSPS) is 13.1. The smallest absolute Gasteiger partial charge is 0.0828 e. The van der Waals surface area contributed by atoms with Gasteiger partial charge in [0.25, 0.3) is 0 Å². The van der Waals surface area contributed by atoms with E-state index in [0.717, 1.165) is 18.8 Å². The summed E-state index contributed by atoms with van der Waals surface area (Å²) < 4.78 is 3.89. The van der Waals surface area contributed by atoms with E-state index in [2.05, 4.69) is 49.9 Å². The summed E-state index contributed by atoms with van der Waals surface area (Å²) in [7, 11) is 1.90. The Morgan fingerprint density at radius 3 is 2.62 bits per heavy atom. The Hall–Kier alpha value is -0.170. The highest BCUT2D eigenvalue weighted by Gasteiger charge is 2.19. The number of nitrogens with two attached hydrogens (primary N) is 1. The molecule has 2 aromatic heterocycles. The van der Waals surface area contributed by atoms with E-state index in [0.29, 0.717) is 0 Å². The van der Waals surface area contributed by atoms with E-state index in [9.17, 15) is 0 Å². The van der Waals surface area contributed by atoms with E-state index in [1.807, 2.05) is 7.05 Å². The Balaban J connectivity index is 2.42. The quantitative estimate of drug-likeness (QED) is 0.887. The van der Waals surface area contributed by atoms with Crippen LogP contribution in [0, 0.1) is 6.92 Å². The lowest BCUT2D eigenvalue weighted by Crippen LogP contribution is -2.15. The summed E-state index contributed by atoms with van der Waals surface area (Å²) in [6.45, 7) is 2.06. The van der Waals surface area contributed by atoms with E-state index in [-0.39, 0.29) is 6.04 Å². The lowest BCUT2D eigenvalue weighted by molar-refractivity contribution is 0.676. The van der Waals surface area contributed by atoms with Crippen molar-refractivity contribution in [2.24, 2.45) is 12.8 Å². The molecule has 0 aliphatic rings. The number of rotatable bonds is 2. The van der Waals surface area contributed by atoms with Crippen LogP contribution in [0.2, 0.25) is 0 Å². The highest BCUT2D eigenvalue weighted by Crippen LogP contribution is 2.34. The van der Waals surface area contributed by atoms with Crippen LogP contribution in [0.3, 0.4) is 0 Å². The van der Waals surface area contributed by atoms with Crippen molar-refractivity contribution in [2.75, 3.05) is 0 Å². The fourth-order valence-electron chi connectivity index (χ4n) is 1.54. The topological polar surface area (TPSA) is 43.8 Å². The first-order valence-corrected chi connectivity index (χ1v) is 7.09. The Morgan fingerprint density at radius 1 is 1.50 bits per heavy atom. The fraction of sp³-hybridized carbons (Fsp3) is 0.300. The molecular weight excluding hydrogens is 354 g/mol. The van der Waals surface area contributed by atoms with Gasteiger partial charge in [-0.25, -0.2) is 0 Å². The molecule has 2 rings (SSSR count). The van der Waals surface area contributed by atoms with Gasteiger partial charge in [0, 0.05) is 11.9 Å². The van der Waals surface area contributed by atoms with Crippen molar-refractivity contribution < 1.29 is 0 Å². The van der Waals surface area contributed by atoms with Gasteiger partial charge in [0.1, 0.15) is 0 Å². The van der Waals surface area contributed by atoms with Crippen molar-refractivity contribution in [3.63, 3.8) is 0 Å². The Kier molecular flexibility index (Phi) is 3.53. The third-order valence-corrected chi connectivity index (χ3v) is 5.25. The summed E-state index contributed by atoms with van der Waals surface area (Å²) in [5, 5.41) is 4.17. The second kappa shape index (κ2) is 4.60. The van der Waals surface area contributed by atoms with Crippen molar-refractivity contribution >= 4 is 43.2 Å². The molecule has 0 saturated carbocycles. The second-order valence-electron chi connectivity index (χ2n) is 3.58. The summed E-state index contributed by atoms with van der Waals surface area (Å²) in [6, 6.07) is 1.97.